The van der Waals surface area contributed by atoms with Gasteiger partial charge in [-0.05, 0) is 86.6 Å². The van der Waals surface area contributed by atoms with Crippen molar-refractivity contribution >= 4 is 23.5 Å². The van der Waals surface area contributed by atoms with Crippen LogP contribution in [0.5, 0.6) is 17.2 Å². The van der Waals surface area contributed by atoms with Gasteiger partial charge in [0.2, 0.25) is 0 Å². The number of aryl methyl sites for hydroxylation is 1. The van der Waals surface area contributed by atoms with Gasteiger partial charge in [-0.25, -0.2) is 4.79 Å². The molecule has 9 nitrogen and oxygen atoms in total. The maximum absolute atomic E-state index is 13.0. The van der Waals surface area contributed by atoms with E-state index in [2.05, 4.69) is 6.92 Å². The molecule has 0 saturated heterocycles. The topological polar surface area (TPSA) is 136 Å². The highest BCUT2D eigenvalue weighted by molar-refractivity contribution is 6.10. The van der Waals surface area contributed by atoms with Crippen molar-refractivity contribution in [1.29, 1.82) is 0 Å². The van der Waals surface area contributed by atoms with Crippen LogP contribution in [0.2, 0.25) is 0 Å². The van der Waals surface area contributed by atoms with E-state index >= 15 is 0 Å². The molecular weight excluding hydrogens is 564 g/mol. The number of aromatic carboxylic acids is 1. The average Bonchev–Trinajstić information content (AvgIpc) is 3.02. The Hall–Kier alpha value is -4.66. The Bertz CT molecular complexity index is 1510. The molecule has 0 unspecified atom stereocenters. The predicted molar refractivity (Wildman–Crippen MR) is 164 cm³/mol. The summed E-state index contributed by atoms with van der Waals surface area (Å²) in [4.78, 5) is 47.8. The number of ether oxygens (including phenoxy) is 3. The first-order valence-corrected chi connectivity index (χ1v) is 15.1. The van der Waals surface area contributed by atoms with Crippen LogP contribution in [0.3, 0.4) is 0 Å². The van der Waals surface area contributed by atoms with E-state index in [9.17, 15) is 29.4 Å². The van der Waals surface area contributed by atoms with Gasteiger partial charge in [-0.15, -0.1) is 0 Å². The molecule has 232 valence electrons. The molecule has 3 aromatic carbocycles. The van der Waals surface area contributed by atoms with Crippen molar-refractivity contribution < 1.29 is 43.6 Å². The van der Waals surface area contributed by atoms with Crippen molar-refractivity contribution in [2.45, 2.75) is 64.7 Å². The van der Waals surface area contributed by atoms with E-state index in [1.807, 2.05) is 6.07 Å². The molecule has 0 aromatic heterocycles. The van der Waals surface area contributed by atoms with Gasteiger partial charge in [0.05, 0.1) is 30.9 Å². The second-order valence-electron chi connectivity index (χ2n) is 10.7. The van der Waals surface area contributed by atoms with Crippen LogP contribution in [-0.2, 0) is 17.6 Å². The summed E-state index contributed by atoms with van der Waals surface area (Å²) in [6.07, 6.45) is 5.67. The molecule has 4 rings (SSSR count). The highest BCUT2D eigenvalue weighted by Gasteiger charge is 2.24. The third kappa shape index (κ3) is 8.46. The van der Waals surface area contributed by atoms with E-state index < -0.39 is 11.9 Å². The quantitative estimate of drug-likeness (QED) is 0.130. The van der Waals surface area contributed by atoms with Gasteiger partial charge in [0, 0.05) is 29.5 Å². The standard InChI is InChI=1S/C35H38O9/c1-2-8-28-31(15-13-27-29(36)17-20-44-34(27)28)43-19-6-4-3-5-18-42-30-14-11-25(21-23(30)12-16-32(37)38)33(39)24-9-7-10-26(22-24)35(40)41/h7,9-11,13-15,21-22H,2-6,8,12,16-20H2,1H3,(H,37,38)(H,40,41). The van der Waals surface area contributed by atoms with Crippen LogP contribution in [0.4, 0.5) is 0 Å². The van der Waals surface area contributed by atoms with Crippen LogP contribution in [-0.4, -0.2) is 53.5 Å². The molecular formula is C35H38O9. The summed E-state index contributed by atoms with van der Waals surface area (Å²) in [5, 5.41) is 18.4. The number of aliphatic carboxylic acids is 1. The molecule has 0 radical (unpaired) electrons. The number of ketones is 2. The fourth-order valence-electron chi connectivity index (χ4n) is 5.18. The van der Waals surface area contributed by atoms with Crippen LogP contribution in [0.15, 0.2) is 54.6 Å². The maximum Gasteiger partial charge on any atom is 0.335 e. The molecule has 3 aromatic rings. The number of rotatable bonds is 17. The fourth-order valence-corrected chi connectivity index (χ4v) is 5.18. The SMILES string of the molecule is CCCc1c(OCCCCCCOc2ccc(C(=O)c3cccc(C(=O)O)c3)cc2CCC(=O)O)ccc2c1OCCC2=O. The highest BCUT2D eigenvalue weighted by Crippen LogP contribution is 2.36. The van der Waals surface area contributed by atoms with E-state index in [4.69, 9.17) is 14.2 Å². The molecule has 1 aliphatic rings. The largest absolute Gasteiger partial charge is 0.493 e. The van der Waals surface area contributed by atoms with Gasteiger partial charge >= 0.3 is 11.9 Å². The van der Waals surface area contributed by atoms with Crippen LogP contribution in [0.1, 0.15) is 99.6 Å². The summed E-state index contributed by atoms with van der Waals surface area (Å²) >= 11 is 0. The van der Waals surface area contributed by atoms with Crippen LogP contribution in [0.25, 0.3) is 0 Å². The Morgan fingerprint density at radius 2 is 1.50 bits per heavy atom. The smallest absolute Gasteiger partial charge is 0.335 e. The van der Waals surface area contributed by atoms with Gasteiger partial charge in [0.15, 0.2) is 11.6 Å². The molecule has 0 atom stereocenters. The third-order valence-electron chi connectivity index (χ3n) is 7.45. The summed E-state index contributed by atoms with van der Waals surface area (Å²) in [6, 6.07) is 14.4. The van der Waals surface area contributed by atoms with Crippen LogP contribution >= 0.6 is 0 Å². The number of carbonyl (C=O) groups excluding carboxylic acids is 2. The lowest BCUT2D eigenvalue weighted by molar-refractivity contribution is -0.136. The average molecular weight is 603 g/mol. The van der Waals surface area contributed by atoms with E-state index in [-0.39, 0.29) is 35.5 Å². The summed E-state index contributed by atoms with van der Waals surface area (Å²) in [6.45, 7) is 3.47. The molecule has 0 saturated carbocycles. The lowest BCUT2D eigenvalue weighted by Gasteiger charge is -2.22. The molecule has 9 heteroatoms. The van der Waals surface area contributed by atoms with Crippen LogP contribution < -0.4 is 14.2 Å². The predicted octanol–water partition coefficient (Wildman–Crippen LogP) is 6.57. The Morgan fingerprint density at radius 3 is 2.20 bits per heavy atom. The molecule has 0 bridgehead atoms. The highest BCUT2D eigenvalue weighted by atomic mass is 16.5. The van der Waals surface area contributed by atoms with Crippen molar-refractivity contribution in [2.75, 3.05) is 19.8 Å². The number of fused-ring (bicyclic) bond motifs is 1. The van der Waals surface area contributed by atoms with Gasteiger partial charge in [-0.1, -0.05) is 25.5 Å². The molecule has 0 fully saturated rings. The van der Waals surface area contributed by atoms with E-state index in [1.165, 1.54) is 18.2 Å². The number of hydrogen-bond donors (Lipinski definition) is 2. The first-order valence-electron chi connectivity index (χ1n) is 15.1. The van der Waals surface area contributed by atoms with Crippen molar-refractivity contribution in [3.63, 3.8) is 0 Å². The molecule has 1 heterocycles. The number of carbonyl (C=O) groups is 4. The van der Waals surface area contributed by atoms with Gasteiger partial charge in [0.25, 0.3) is 0 Å². The monoisotopic (exact) mass is 602 g/mol. The van der Waals surface area contributed by atoms with Crippen LogP contribution in [0, 0.1) is 0 Å². The number of carboxylic acid groups (broad SMARTS) is 2. The zero-order valence-electron chi connectivity index (χ0n) is 24.9. The lowest BCUT2D eigenvalue weighted by atomic mass is 9.98. The minimum Gasteiger partial charge on any atom is -0.493 e. The Morgan fingerprint density at radius 1 is 0.818 bits per heavy atom. The van der Waals surface area contributed by atoms with Crippen molar-refractivity contribution in [3.8, 4) is 17.2 Å². The van der Waals surface area contributed by atoms with E-state index in [1.54, 1.807) is 30.3 Å². The Labute approximate surface area is 256 Å². The van der Waals surface area contributed by atoms with Crippen molar-refractivity contribution in [1.82, 2.24) is 0 Å². The number of unbranched alkanes of at least 4 members (excludes halogenated alkanes) is 3. The maximum atomic E-state index is 13.0. The van der Waals surface area contributed by atoms with Gasteiger partial charge in [-0.3, -0.25) is 14.4 Å². The number of Topliss-reactive ketones (excluding diaryl/α,β-unsaturated/α-hetero) is 1. The van der Waals surface area contributed by atoms with Gasteiger partial charge in [-0.2, -0.15) is 0 Å². The molecule has 2 N–H and O–H groups in total. The Balaban J connectivity index is 1.27. The minimum atomic E-state index is -1.12. The minimum absolute atomic E-state index is 0.0144. The second-order valence-corrected chi connectivity index (χ2v) is 10.7. The lowest BCUT2D eigenvalue weighted by Crippen LogP contribution is -2.17. The zero-order chi connectivity index (χ0) is 31.5. The first-order chi connectivity index (χ1) is 21.3. The molecule has 0 spiro atoms. The van der Waals surface area contributed by atoms with Gasteiger partial charge in [0.1, 0.15) is 17.2 Å². The third-order valence-corrected chi connectivity index (χ3v) is 7.45. The van der Waals surface area contributed by atoms with Crippen molar-refractivity contribution in [3.05, 3.63) is 88.0 Å². The molecule has 0 amide bonds. The molecule has 1 aliphatic heterocycles. The first kappa shape index (κ1) is 32.3. The van der Waals surface area contributed by atoms with Crippen molar-refractivity contribution in [2.24, 2.45) is 0 Å². The van der Waals surface area contributed by atoms with E-state index in [0.29, 0.717) is 54.4 Å². The number of hydrogen-bond acceptors (Lipinski definition) is 7. The zero-order valence-corrected chi connectivity index (χ0v) is 24.9. The van der Waals surface area contributed by atoms with Gasteiger partial charge < -0.3 is 24.4 Å². The molecule has 44 heavy (non-hydrogen) atoms. The second kappa shape index (κ2) is 15.7. The van der Waals surface area contributed by atoms with E-state index in [0.717, 1.165) is 49.8 Å². The summed E-state index contributed by atoms with van der Waals surface area (Å²) in [7, 11) is 0. The summed E-state index contributed by atoms with van der Waals surface area (Å²) in [5.74, 6) is -0.346. The number of carboxylic acids is 2. The Kier molecular flexibility index (Phi) is 11.5. The number of benzene rings is 3. The summed E-state index contributed by atoms with van der Waals surface area (Å²) in [5.41, 5.74) is 2.81. The summed E-state index contributed by atoms with van der Waals surface area (Å²) < 4.78 is 17.9. The normalized spacial score (nSPS) is 12.2. The fraction of sp³-hybridized carbons (Fsp3) is 0.371. The molecule has 0 aliphatic carbocycles.